The number of carbonyl (C=O) groups excluding carboxylic acids is 1. The van der Waals surface area contributed by atoms with Crippen molar-refractivity contribution in [2.75, 3.05) is 19.6 Å². The second-order valence-electron chi connectivity index (χ2n) is 6.23. The first-order valence-corrected chi connectivity index (χ1v) is 8.53. The Hall–Kier alpha value is -2.66. The first kappa shape index (κ1) is 17.2. The number of carbonyl (C=O) groups is 1. The van der Waals surface area contributed by atoms with Crippen LogP contribution < -0.4 is 10.5 Å². The molecule has 1 unspecified atom stereocenters. The number of amides is 1. The number of nitrogens with zero attached hydrogens (tertiary/aromatic N) is 2. The molecule has 5 heteroatoms. The third-order valence-electron chi connectivity index (χ3n) is 4.36. The van der Waals surface area contributed by atoms with Crippen LogP contribution in [0.1, 0.15) is 17.5 Å². The van der Waals surface area contributed by atoms with Crippen molar-refractivity contribution in [1.29, 1.82) is 0 Å². The van der Waals surface area contributed by atoms with Gasteiger partial charge in [-0.05, 0) is 48.7 Å². The summed E-state index contributed by atoms with van der Waals surface area (Å²) in [5.41, 5.74) is 7.66. The minimum absolute atomic E-state index is 0.0489. The molecule has 5 nitrogen and oxygen atoms in total. The molecular weight excluding hydrogens is 314 g/mol. The molecule has 1 amide bonds. The minimum Gasteiger partial charge on any atom is -0.489 e. The standard InChI is InChI=1S/C20H23N3O2/c21-12-17-9-11-23(14-17)20(24)8-5-16-3-6-19(7-4-16)25-15-18-2-1-10-22-13-18/h1-8,10,13,17H,9,11-12,14-15,21H2. The molecular formula is C20H23N3O2. The minimum atomic E-state index is 0.0489. The number of aromatic nitrogens is 1. The smallest absolute Gasteiger partial charge is 0.246 e. The van der Waals surface area contributed by atoms with E-state index in [2.05, 4.69) is 4.98 Å². The van der Waals surface area contributed by atoms with Gasteiger partial charge >= 0.3 is 0 Å². The first-order valence-electron chi connectivity index (χ1n) is 8.53. The topological polar surface area (TPSA) is 68.5 Å². The van der Waals surface area contributed by atoms with E-state index in [9.17, 15) is 4.79 Å². The Morgan fingerprint density at radius 1 is 1.32 bits per heavy atom. The molecule has 0 aliphatic carbocycles. The second-order valence-corrected chi connectivity index (χ2v) is 6.23. The molecule has 1 saturated heterocycles. The van der Waals surface area contributed by atoms with E-state index in [1.54, 1.807) is 18.5 Å². The van der Waals surface area contributed by atoms with Crippen molar-refractivity contribution in [3.05, 3.63) is 66.0 Å². The monoisotopic (exact) mass is 337 g/mol. The van der Waals surface area contributed by atoms with Crippen molar-refractivity contribution in [2.24, 2.45) is 11.7 Å². The van der Waals surface area contributed by atoms with Crippen LogP contribution in [0.3, 0.4) is 0 Å². The van der Waals surface area contributed by atoms with Gasteiger partial charge in [0.2, 0.25) is 5.91 Å². The van der Waals surface area contributed by atoms with Gasteiger partial charge in [-0.25, -0.2) is 0 Å². The largest absolute Gasteiger partial charge is 0.489 e. The maximum absolute atomic E-state index is 12.2. The molecule has 25 heavy (non-hydrogen) atoms. The summed E-state index contributed by atoms with van der Waals surface area (Å²) in [5, 5.41) is 0. The molecule has 3 rings (SSSR count). The van der Waals surface area contributed by atoms with Gasteiger partial charge < -0.3 is 15.4 Å². The Balaban J connectivity index is 1.51. The van der Waals surface area contributed by atoms with Crippen LogP contribution in [0.25, 0.3) is 6.08 Å². The summed E-state index contributed by atoms with van der Waals surface area (Å²) < 4.78 is 5.73. The zero-order valence-corrected chi connectivity index (χ0v) is 14.2. The van der Waals surface area contributed by atoms with Crippen LogP contribution in [-0.2, 0) is 11.4 Å². The third-order valence-corrected chi connectivity index (χ3v) is 4.36. The summed E-state index contributed by atoms with van der Waals surface area (Å²) in [4.78, 5) is 18.1. The van der Waals surface area contributed by atoms with E-state index in [1.165, 1.54) is 0 Å². The Kier molecular flexibility index (Phi) is 5.80. The lowest BCUT2D eigenvalue weighted by molar-refractivity contribution is -0.125. The van der Waals surface area contributed by atoms with Crippen LogP contribution >= 0.6 is 0 Å². The van der Waals surface area contributed by atoms with E-state index >= 15 is 0 Å². The highest BCUT2D eigenvalue weighted by Crippen LogP contribution is 2.17. The SMILES string of the molecule is NCC1CCN(C(=O)C=Cc2ccc(OCc3cccnc3)cc2)C1. The van der Waals surface area contributed by atoms with Crippen molar-refractivity contribution < 1.29 is 9.53 Å². The lowest BCUT2D eigenvalue weighted by Crippen LogP contribution is -2.28. The number of likely N-dealkylation sites (tertiary alicyclic amines) is 1. The quantitative estimate of drug-likeness (QED) is 0.822. The molecule has 0 spiro atoms. The molecule has 1 aromatic heterocycles. The van der Waals surface area contributed by atoms with Gasteiger partial charge in [0.05, 0.1) is 0 Å². The van der Waals surface area contributed by atoms with Crippen LogP contribution in [0, 0.1) is 5.92 Å². The first-order chi connectivity index (χ1) is 12.2. The van der Waals surface area contributed by atoms with E-state index < -0.39 is 0 Å². The molecule has 1 atom stereocenters. The maximum Gasteiger partial charge on any atom is 0.246 e. The van der Waals surface area contributed by atoms with E-state index in [-0.39, 0.29) is 5.91 Å². The molecule has 1 aliphatic heterocycles. The van der Waals surface area contributed by atoms with E-state index in [1.807, 2.05) is 47.4 Å². The van der Waals surface area contributed by atoms with Crippen molar-refractivity contribution in [3.8, 4) is 5.75 Å². The average Bonchev–Trinajstić information content (AvgIpc) is 3.15. The molecule has 2 aromatic rings. The summed E-state index contributed by atoms with van der Waals surface area (Å²) in [5.74, 6) is 1.28. The van der Waals surface area contributed by atoms with Crippen LogP contribution in [0.4, 0.5) is 0 Å². The highest BCUT2D eigenvalue weighted by molar-refractivity contribution is 5.91. The molecule has 1 fully saturated rings. The summed E-state index contributed by atoms with van der Waals surface area (Å²) in [6.45, 7) is 2.69. The van der Waals surface area contributed by atoms with Crippen molar-refractivity contribution >= 4 is 12.0 Å². The maximum atomic E-state index is 12.2. The number of ether oxygens (including phenoxy) is 1. The summed E-state index contributed by atoms with van der Waals surface area (Å²) in [6.07, 6.45) is 7.99. The Bertz CT molecular complexity index is 713. The van der Waals surface area contributed by atoms with Gasteiger partial charge in [0, 0.05) is 37.1 Å². The Morgan fingerprint density at radius 2 is 2.16 bits per heavy atom. The van der Waals surface area contributed by atoms with Gasteiger partial charge in [-0.1, -0.05) is 18.2 Å². The summed E-state index contributed by atoms with van der Waals surface area (Å²) >= 11 is 0. The zero-order chi connectivity index (χ0) is 17.5. The predicted molar refractivity (Wildman–Crippen MR) is 97.8 cm³/mol. The molecule has 1 aromatic carbocycles. The van der Waals surface area contributed by atoms with E-state index in [4.69, 9.17) is 10.5 Å². The number of benzene rings is 1. The highest BCUT2D eigenvalue weighted by Gasteiger charge is 2.23. The molecule has 0 saturated carbocycles. The molecule has 0 radical (unpaired) electrons. The normalized spacial score (nSPS) is 17.2. The van der Waals surface area contributed by atoms with Crippen molar-refractivity contribution in [3.63, 3.8) is 0 Å². The van der Waals surface area contributed by atoms with Crippen LogP contribution in [-0.4, -0.2) is 35.4 Å². The number of hydrogen-bond acceptors (Lipinski definition) is 4. The molecule has 2 N–H and O–H groups in total. The van der Waals surface area contributed by atoms with E-state index in [0.717, 1.165) is 36.4 Å². The second kappa shape index (κ2) is 8.44. The van der Waals surface area contributed by atoms with Crippen molar-refractivity contribution in [2.45, 2.75) is 13.0 Å². The number of nitrogens with two attached hydrogens (primary N) is 1. The lowest BCUT2D eigenvalue weighted by Gasteiger charge is -2.13. The number of rotatable bonds is 6. The van der Waals surface area contributed by atoms with Crippen molar-refractivity contribution in [1.82, 2.24) is 9.88 Å². The number of pyridine rings is 1. The van der Waals surface area contributed by atoms with Crippen LogP contribution in [0.15, 0.2) is 54.9 Å². The highest BCUT2D eigenvalue weighted by atomic mass is 16.5. The molecule has 1 aliphatic rings. The summed E-state index contributed by atoms with van der Waals surface area (Å²) in [6, 6.07) is 11.6. The van der Waals surface area contributed by atoms with Gasteiger partial charge in [0.25, 0.3) is 0 Å². The fourth-order valence-electron chi connectivity index (χ4n) is 2.82. The van der Waals surface area contributed by atoms with E-state index in [0.29, 0.717) is 19.1 Å². The fraction of sp³-hybridized carbons (Fsp3) is 0.300. The Labute approximate surface area is 148 Å². The predicted octanol–water partition coefficient (Wildman–Crippen LogP) is 2.48. The van der Waals surface area contributed by atoms with Gasteiger partial charge in [0.15, 0.2) is 0 Å². The lowest BCUT2D eigenvalue weighted by atomic mass is 10.1. The summed E-state index contributed by atoms with van der Waals surface area (Å²) in [7, 11) is 0. The van der Waals surface area contributed by atoms with Crippen LogP contribution in [0.2, 0.25) is 0 Å². The molecule has 2 heterocycles. The fourth-order valence-corrected chi connectivity index (χ4v) is 2.82. The zero-order valence-electron chi connectivity index (χ0n) is 14.2. The van der Waals surface area contributed by atoms with Gasteiger partial charge in [-0.3, -0.25) is 9.78 Å². The molecule has 130 valence electrons. The van der Waals surface area contributed by atoms with Crippen LogP contribution in [0.5, 0.6) is 5.75 Å². The van der Waals surface area contributed by atoms with Gasteiger partial charge in [-0.15, -0.1) is 0 Å². The Morgan fingerprint density at radius 3 is 2.84 bits per heavy atom. The average molecular weight is 337 g/mol. The number of hydrogen-bond donors (Lipinski definition) is 1. The van der Waals surface area contributed by atoms with Gasteiger partial charge in [0.1, 0.15) is 12.4 Å². The van der Waals surface area contributed by atoms with Gasteiger partial charge in [-0.2, -0.15) is 0 Å². The third kappa shape index (κ3) is 4.90. The molecule has 0 bridgehead atoms.